The lowest BCUT2D eigenvalue weighted by Gasteiger charge is -2.18. The highest BCUT2D eigenvalue weighted by atomic mass is 16.6. The van der Waals surface area contributed by atoms with E-state index in [-0.39, 0.29) is 31.1 Å². The number of carbonyl (C=O) groups excluding carboxylic acids is 3. The number of unbranched alkanes of at least 4 members (excludes halogenated alkanes) is 39. The van der Waals surface area contributed by atoms with E-state index in [1.807, 2.05) is 0 Å². The second-order valence-corrected chi connectivity index (χ2v) is 22.0. The number of esters is 3. The number of rotatable bonds is 60. The van der Waals surface area contributed by atoms with E-state index in [1.165, 1.54) is 205 Å². The fourth-order valence-electron chi connectivity index (χ4n) is 9.62. The fourth-order valence-corrected chi connectivity index (χ4v) is 9.62. The van der Waals surface area contributed by atoms with E-state index >= 15 is 0 Å². The molecule has 0 radical (unpaired) electrons. The number of hydrogen-bond acceptors (Lipinski definition) is 6. The minimum Gasteiger partial charge on any atom is -0.462 e. The molecule has 0 aliphatic heterocycles. The van der Waals surface area contributed by atoms with Gasteiger partial charge in [-0.1, -0.05) is 306 Å². The van der Waals surface area contributed by atoms with Crippen LogP contribution in [0.3, 0.4) is 0 Å². The van der Waals surface area contributed by atoms with Crippen molar-refractivity contribution in [2.75, 3.05) is 13.2 Å². The van der Waals surface area contributed by atoms with Crippen LogP contribution in [0.1, 0.15) is 342 Å². The zero-order valence-corrected chi connectivity index (χ0v) is 50.1. The maximum atomic E-state index is 12.9. The summed E-state index contributed by atoms with van der Waals surface area (Å²) in [4.78, 5) is 38.2. The topological polar surface area (TPSA) is 78.9 Å². The average molecular weight is 1050 g/mol. The van der Waals surface area contributed by atoms with Crippen LogP contribution in [0.15, 0.2) is 60.8 Å². The Morgan fingerprint density at radius 3 is 0.880 bits per heavy atom. The normalized spacial score (nSPS) is 12.4. The quantitative estimate of drug-likeness (QED) is 0.0261. The molecule has 0 bridgehead atoms. The molecule has 1 unspecified atom stereocenters. The molecular weight excluding hydrogens is 925 g/mol. The Balaban J connectivity index is 4.17. The van der Waals surface area contributed by atoms with E-state index < -0.39 is 6.10 Å². The number of hydrogen-bond donors (Lipinski definition) is 0. The van der Waals surface area contributed by atoms with Crippen LogP contribution >= 0.6 is 0 Å². The lowest BCUT2D eigenvalue weighted by atomic mass is 10.0. The van der Waals surface area contributed by atoms with Gasteiger partial charge in [0.2, 0.25) is 0 Å². The zero-order valence-electron chi connectivity index (χ0n) is 50.1. The van der Waals surface area contributed by atoms with Crippen molar-refractivity contribution in [1.82, 2.24) is 0 Å². The Morgan fingerprint density at radius 1 is 0.280 bits per heavy atom. The Labute approximate surface area is 466 Å². The lowest BCUT2D eigenvalue weighted by molar-refractivity contribution is -0.167. The first-order chi connectivity index (χ1) is 37.0. The molecule has 75 heavy (non-hydrogen) atoms. The van der Waals surface area contributed by atoms with E-state index in [2.05, 4.69) is 81.5 Å². The third-order valence-corrected chi connectivity index (χ3v) is 14.5. The van der Waals surface area contributed by atoms with Crippen molar-refractivity contribution in [2.45, 2.75) is 348 Å². The summed E-state index contributed by atoms with van der Waals surface area (Å²) in [6, 6.07) is 0. The highest BCUT2D eigenvalue weighted by Gasteiger charge is 2.19. The molecule has 0 aromatic rings. The highest BCUT2D eigenvalue weighted by molar-refractivity contribution is 5.71. The fraction of sp³-hybridized carbons (Fsp3) is 0.812. The van der Waals surface area contributed by atoms with Gasteiger partial charge in [-0.25, -0.2) is 0 Å². The van der Waals surface area contributed by atoms with E-state index in [0.717, 1.165) is 96.3 Å². The van der Waals surface area contributed by atoms with Crippen LogP contribution in [0, 0.1) is 0 Å². The molecule has 0 heterocycles. The molecule has 0 fully saturated rings. The summed E-state index contributed by atoms with van der Waals surface area (Å²) in [6.45, 7) is 6.51. The highest BCUT2D eigenvalue weighted by Crippen LogP contribution is 2.18. The van der Waals surface area contributed by atoms with Crippen LogP contribution in [-0.2, 0) is 28.6 Å². The van der Waals surface area contributed by atoms with Crippen molar-refractivity contribution in [3.05, 3.63) is 60.8 Å². The first-order valence-corrected chi connectivity index (χ1v) is 32.8. The lowest BCUT2D eigenvalue weighted by Crippen LogP contribution is -2.30. The maximum Gasteiger partial charge on any atom is 0.306 e. The van der Waals surface area contributed by atoms with Crippen LogP contribution in [0.5, 0.6) is 0 Å². The van der Waals surface area contributed by atoms with Crippen molar-refractivity contribution >= 4 is 17.9 Å². The van der Waals surface area contributed by atoms with Gasteiger partial charge in [-0.15, -0.1) is 0 Å². The zero-order chi connectivity index (χ0) is 54.3. The summed E-state index contributed by atoms with van der Waals surface area (Å²) in [6.07, 6.45) is 81.0. The van der Waals surface area contributed by atoms with Crippen molar-refractivity contribution in [3.63, 3.8) is 0 Å². The molecule has 0 aliphatic carbocycles. The molecule has 0 aliphatic rings. The molecule has 0 spiro atoms. The average Bonchev–Trinajstić information content (AvgIpc) is 3.41. The van der Waals surface area contributed by atoms with Gasteiger partial charge in [-0.05, 0) is 77.0 Å². The second kappa shape index (κ2) is 63.6. The van der Waals surface area contributed by atoms with E-state index in [9.17, 15) is 14.4 Å². The van der Waals surface area contributed by atoms with Gasteiger partial charge in [-0.2, -0.15) is 0 Å². The Hall–Kier alpha value is -2.89. The molecular formula is C69H124O6. The first kappa shape index (κ1) is 72.1. The summed E-state index contributed by atoms with van der Waals surface area (Å²) >= 11 is 0. The molecule has 0 aromatic carbocycles. The van der Waals surface area contributed by atoms with E-state index in [1.54, 1.807) is 0 Å². The largest absolute Gasteiger partial charge is 0.462 e. The van der Waals surface area contributed by atoms with Crippen LogP contribution in [0.25, 0.3) is 0 Å². The molecule has 6 nitrogen and oxygen atoms in total. The monoisotopic (exact) mass is 1050 g/mol. The third-order valence-electron chi connectivity index (χ3n) is 14.5. The standard InChI is InChI=1S/C69H124O6/c1-4-7-10-13-16-19-22-24-26-28-30-32-33-34-35-36-37-38-40-41-43-45-47-50-53-56-59-62-68(71)74-65-66(64-73-67(70)61-58-55-52-49-21-18-15-12-9-6-3)75-69(72)63-60-57-54-51-48-46-44-42-39-31-29-27-25-23-20-17-14-11-8-5-2/h7,10,12,15-16,19,24,26,30,32,66H,4-6,8-9,11,13-14,17-18,20-23,25,27-29,31,33-65H2,1-3H3/b10-7-,15-12-,19-16-,26-24-,32-30-. The SMILES string of the molecule is CC/C=C\C/C=C\C/C=C\C/C=C\CCCCCCCCCCCCCCCCC(=O)OCC(COC(=O)CCCCCCC/C=C\CCC)OC(=O)CCCCCCCCCCCCCCCCCCCCCC. The minimum absolute atomic E-state index is 0.0729. The van der Waals surface area contributed by atoms with Gasteiger partial charge in [0.25, 0.3) is 0 Å². The van der Waals surface area contributed by atoms with Gasteiger partial charge >= 0.3 is 17.9 Å². The Bertz CT molecular complexity index is 1340. The number of allylic oxidation sites excluding steroid dienone is 10. The van der Waals surface area contributed by atoms with Crippen molar-refractivity contribution < 1.29 is 28.6 Å². The molecule has 6 heteroatoms. The number of carbonyl (C=O) groups is 3. The molecule has 0 saturated carbocycles. The summed E-state index contributed by atoms with van der Waals surface area (Å²) in [5.74, 6) is -0.864. The van der Waals surface area contributed by atoms with Crippen LogP contribution < -0.4 is 0 Å². The predicted molar refractivity (Wildman–Crippen MR) is 325 cm³/mol. The molecule has 0 aromatic heterocycles. The summed E-state index contributed by atoms with van der Waals surface area (Å²) in [5, 5.41) is 0. The smallest absolute Gasteiger partial charge is 0.306 e. The maximum absolute atomic E-state index is 12.9. The van der Waals surface area contributed by atoms with Gasteiger partial charge in [0, 0.05) is 19.3 Å². The van der Waals surface area contributed by atoms with Crippen molar-refractivity contribution in [3.8, 4) is 0 Å². The van der Waals surface area contributed by atoms with Crippen LogP contribution in [0.2, 0.25) is 0 Å². The van der Waals surface area contributed by atoms with E-state index in [4.69, 9.17) is 14.2 Å². The molecule has 0 N–H and O–H groups in total. The molecule has 0 rings (SSSR count). The number of ether oxygens (including phenoxy) is 3. The van der Waals surface area contributed by atoms with Gasteiger partial charge in [0.15, 0.2) is 6.10 Å². The van der Waals surface area contributed by atoms with Gasteiger partial charge in [0.1, 0.15) is 13.2 Å². The molecule has 1 atom stereocenters. The van der Waals surface area contributed by atoms with Gasteiger partial charge < -0.3 is 14.2 Å². The van der Waals surface area contributed by atoms with Crippen LogP contribution in [0.4, 0.5) is 0 Å². The molecule has 0 saturated heterocycles. The van der Waals surface area contributed by atoms with Gasteiger partial charge in [-0.3, -0.25) is 14.4 Å². The van der Waals surface area contributed by atoms with Crippen LogP contribution in [-0.4, -0.2) is 37.2 Å². The van der Waals surface area contributed by atoms with Crippen molar-refractivity contribution in [1.29, 1.82) is 0 Å². The van der Waals surface area contributed by atoms with Crippen molar-refractivity contribution in [2.24, 2.45) is 0 Å². The molecule has 436 valence electrons. The summed E-state index contributed by atoms with van der Waals surface area (Å²) in [7, 11) is 0. The molecule has 0 amide bonds. The predicted octanol–water partition coefficient (Wildman–Crippen LogP) is 22.3. The Kier molecular flexibility index (Phi) is 61.2. The second-order valence-electron chi connectivity index (χ2n) is 22.0. The Morgan fingerprint density at radius 2 is 0.547 bits per heavy atom. The van der Waals surface area contributed by atoms with E-state index in [0.29, 0.717) is 19.3 Å². The minimum atomic E-state index is -0.775. The van der Waals surface area contributed by atoms with Gasteiger partial charge in [0.05, 0.1) is 0 Å². The summed E-state index contributed by atoms with van der Waals surface area (Å²) < 4.78 is 16.9. The summed E-state index contributed by atoms with van der Waals surface area (Å²) in [5.41, 5.74) is 0. The third kappa shape index (κ3) is 61.8. The first-order valence-electron chi connectivity index (χ1n) is 32.8.